The molecule has 0 saturated carbocycles. The lowest BCUT2D eigenvalue weighted by Gasteiger charge is -2.26. The van der Waals surface area contributed by atoms with E-state index in [2.05, 4.69) is 12.1 Å². The van der Waals surface area contributed by atoms with Crippen molar-refractivity contribution >= 4 is 5.97 Å². The Hall–Kier alpha value is -1.31. The minimum Gasteiger partial charge on any atom is -0.481 e. The highest BCUT2D eigenvalue weighted by Crippen LogP contribution is 2.31. The smallest absolute Gasteiger partial charge is 0.313 e. The van der Waals surface area contributed by atoms with Crippen LogP contribution in [0, 0.1) is 0 Å². The summed E-state index contributed by atoms with van der Waals surface area (Å²) >= 11 is 0. The van der Waals surface area contributed by atoms with E-state index in [1.54, 1.807) is 0 Å². The van der Waals surface area contributed by atoms with Gasteiger partial charge in [0.1, 0.15) is 0 Å². The Labute approximate surface area is 103 Å². The van der Waals surface area contributed by atoms with Crippen molar-refractivity contribution in [3.63, 3.8) is 0 Å². The molecule has 1 aliphatic rings. The maximum atomic E-state index is 11.4. The molecular formula is C15H20O2. The number of aliphatic carboxylic acids is 1. The normalized spacial score (nSPS) is 18.2. The first-order valence-electron chi connectivity index (χ1n) is 6.43. The molecule has 0 aromatic heterocycles. The van der Waals surface area contributed by atoms with Crippen LogP contribution in [0.3, 0.4) is 0 Å². The summed E-state index contributed by atoms with van der Waals surface area (Å²) in [6, 6.07) is 6.24. The van der Waals surface area contributed by atoms with E-state index in [-0.39, 0.29) is 0 Å². The molecule has 17 heavy (non-hydrogen) atoms. The minimum atomic E-state index is -0.744. The lowest BCUT2D eigenvalue weighted by molar-refractivity contribution is -0.143. The van der Waals surface area contributed by atoms with Gasteiger partial charge in [0.25, 0.3) is 0 Å². The molecule has 0 aliphatic heterocycles. The van der Waals surface area contributed by atoms with Crippen molar-refractivity contribution in [1.82, 2.24) is 0 Å². The molecule has 1 N–H and O–H groups in total. The fourth-order valence-corrected chi connectivity index (χ4v) is 2.56. The summed E-state index contributed by atoms with van der Waals surface area (Å²) in [5.41, 5.74) is 2.97. The Bertz CT molecular complexity index is 437. The number of hydrogen-bond donors (Lipinski definition) is 1. The lowest BCUT2D eigenvalue weighted by Crippen LogP contribution is -2.31. The molecule has 1 aliphatic carbocycles. The van der Waals surface area contributed by atoms with Gasteiger partial charge in [-0.15, -0.1) is 0 Å². The summed E-state index contributed by atoms with van der Waals surface area (Å²) < 4.78 is 0. The van der Waals surface area contributed by atoms with Gasteiger partial charge in [0.15, 0.2) is 0 Å². The van der Waals surface area contributed by atoms with Crippen LogP contribution in [0.1, 0.15) is 49.8 Å². The third kappa shape index (κ3) is 2.08. The third-order valence-electron chi connectivity index (χ3n) is 4.16. The highest BCUT2D eigenvalue weighted by Gasteiger charge is 2.33. The third-order valence-corrected chi connectivity index (χ3v) is 4.16. The second-order valence-electron chi connectivity index (χ2n) is 5.18. The number of carboxylic acids is 1. The molecule has 0 bridgehead atoms. The molecule has 2 heteroatoms. The van der Waals surface area contributed by atoms with Crippen LogP contribution < -0.4 is 0 Å². The van der Waals surface area contributed by atoms with Crippen molar-refractivity contribution in [3.8, 4) is 0 Å². The van der Waals surface area contributed by atoms with Gasteiger partial charge in [-0.3, -0.25) is 4.79 Å². The van der Waals surface area contributed by atoms with Crippen LogP contribution in [0.2, 0.25) is 0 Å². The van der Waals surface area contributed by atoms with E-state index in [0.717, 1.165) is 18.4 Å². The largest absolute Gasteiger partial charge is 0.481 e. The van der Waals surface area contributed by atoms with Crippen molar-refractivity contribution in [2.24, 2.45) is 0 Å². The number of hydrogen-bond acceptors (Lipinski definition) is 1. The number of carboxylic acid groups (broad SMARTS) is 1. The van der Waals surface area contributed by atoms with Crippen LogP contribution in [0.5, 0.6) is 0 Å². The predicted molar refractivity (Wildman–Crippen MR) is 68.4 cm³/mol. The molecule has 0 saturated heterocycles. The lowest BCUT2D eigenvalue weighted by atomic mass is 9.77. The Morgan fingerprint density at radius 1 is 1.29 bits per heavy atom. The number of fused-ring (bicyclic) bond motifs is 1. The van der Waals surface area contributed by atoms with E-state index in [1.807, 2.05) is 19.9 Å². The summed E-state index contributed by atoms with van der Waals surface area (Å²) in [5, 5.41) is 9.39. The summed E-state index contributed by atoms with van der Waals surface area (Å²) in [5.74, 6) is -0.726. The first-order valence-corrected chi connectivity index (χ1v) is 6.43. The maximum absolute atomic E-state index is 11.4. The van der Waals surface area contributed by atoms with Crippen LogP contribution in [0.15, 0.2) is 18.2 Å². The first kappa shape index (κ1) is 12.2. The van der Waals surface area contributed by atoms with Gasteiger partial charge in [-0.1, -0.05) is 25.1 Å². The first-order chi connectivity index (χ1) is 8.08. The van der Waals surface area contributed by atoms with Crippen molar-refractivity contribution in [2.75, 3.05) is 0 Å². The molecule has 2 rings (SSSR count). The zero-order chi connectivity index (χ0) is 12.5. The van der Waals surface area contributed by atoms with Gasteiger partial charge in [-0.2, -0.15) is 0 Å². The zero-order valence-electron chi connectivity index (χ0n) is 10.6. The molecule has 0 amide bonds. The molecule has 0 heterocycles. The summed E-state index contributed by atoms with van der Waals surface area (Å²) in [4.78, 5) is 11.4. The van der Waals surface area contributed by atoms with Gasteiger partial charge < -0.3 is 5.11 Å². The number of rotatable bonds is 3. The van der Waals surface area contributed by atoms with Crippen LogP contribution >= 0.6 is 0 Å². The quantitative estimate of drug-likeness (QED) is 0.868. The van der Waals surface area contributed by atoms with Crippen molar-refractivity contribution < 1.29 is 9.90 Å². The van der Waals surface area contributed by atoms with Crippen LogP contribution in [0.25, 0.3) is 0 Å². The summed E-state index contributed by atoms with van der Waals surface area (Å²) in [7, 11) is 0. The SMILES string of the molecule is CCC(C)(C(=O)O)c1ccc2c(c1)CCCC2. The van der Waals surface area contributed by atoms with E-state index < -0.39 is 11.4 Å². The van der Waals surface area contributed by atoms with Gasteiger partial charge in [0.05, 0.1) is 5.41 Å². The molecule has 1 atom stereocenters. The van der Waals surface area contributed by atoms with Gasteiger partial charge in [0.2, 0.25) is 0 Å². The number of carbonyl (C=O) groups is 1. The number of benzene rings is 1. The van der Waals surface area contributed by atoms with Gasteiger partial charge in [0, 0.05) is 0 Å². The molecule has 1 aromatic rings. The van der Waals surface area contributed by atoms with Crippen LogP contribution in [0.4, 0.5) is 0 Å². The monoisotopic (exact) mass is 232 g/mol. The summed E-state index contributed by atoms with van der Waals surface area (Å²) in [6.45, 7) is 3.76. The zero-order valence-corrected chi connectivity index (χ0v) is 10.6. The van der Waals surface area contributed by atoms with E-state index in [9.17, 15) is 9.90 Å². The van der Waals surface area contributed by atoms with Crippen LogP contribution in [-0.2, 0) is 23.1 Å². The van der Waals surface area contributed by atoms with E-state index in [0.29, 0.717) is 6.42 Å². The van der Waals surface area contributed by atoms with Gasteiger partial charge in [-0.25, -0.2) is 0 Å². The topological polar surface area (TPSA) is 37.3 Å². The minimum absolute atomic E-state index is 0.626. The molecule has 0 fully saturated rings. The van der Waals surface area contributed by atoms with Gasteiger partial charge in [-0.05, 0) is 55.7 Å². The van der Waals surface area contributed by atoms with Crippen LogP contribution in [-0.4, -0.2) is 11.1 Å². The second kappa shape index (κ2) is 4.52. The summed E-state index contributed by atoms with van der Waals surface area (Å²) in [6.07, 6.45) is 5.36. The average Bonchev–Trinajstić information content (AvgIpc) is 2.37. The van der Waals surface area contributed by atoms with Crippen molar-refractivity contribution in [1.29, 1.82) is 0 Å². The Kier molecular flexibility index (Phi) is 3.23. The molecule has 0 spiro atoms. The van der Waals surface area contributed by atoms with Crippen molar-refractivity contribution in [3.05, 3.63) is 34.9 Å². The highest BCUT2D eigenvalue weighted by atomic mass is 16.4. The Morgan fingerprint density at radius 2 is 1.94 bits per heavy atom. The molecular weight excluding hydrogens is 212 g/mol. The standard InChI is InChI=1S/C15H20O2/c1-3-15(2,14(16)17)13-9-8-11-6-4-5-7-12(11)10-13/h8-10H,3-7H2,1-2H3,(H,16,17). The molecule has 1 unspecified atom stereocenters. The average molecular weight is 232 g/mol. The van der Waals surface area contributed by atoms with E-state index in [1.165, 1.54) is 24.0 Å². The molecule has 92 valence electrons. The fourth-order valence-electron chi connectivity index (χ4n) is 2.56. The molecule has 0 radical (unpaired) electrons. The predicted octanol–water partition coefficient (Wildman–Crippen LogP) is 3.32. The second-order valence-corrected chi connectivity index (χ2v) is 5.18. The van der Waals surface area contributed by atoms with Crippen molar-refractivity contribution in [2.45, 2.75) is 51.4 Å². The molecule has 2 nitrogen and oxygen atoms in total. The molecule has 1 aromatic carbocycles. The van der Waals surface area contributed by atoms with E-state index >= 15 is 0 Å². The Morgan fingerprint density at radius 3 is 2.53 bits per heavy atom. The van der Waals surface area contributed by atoms with Gasteiger partial charge >= 0.3 is 5.97 Å². The highest BCUT2D eigenvalue weighted by molar-refractivity contribution is 5.80. The maximum Gasteiger partial charge on any atom is 0.313 e. The number of aryl methyl sites for hydroxylation is 2. The van der Waals surface area contributed by atoms with E-state index in [4.69, 9.17) is 0 Å². The fraction of sp³-hybridized carbons (Fsp3) is 0.533. The Balaban J connectivity index is 2.42.